The lowest BCUT2D eigenvalue weighted by Crippen LogP contribution is -2.37. The molecule has 2 rings (SSSR count). The molecule has 0 aliphatic heterocycles. The summed E-state index contributed by atoms with van der Waals surface area (Å²) in [5, 5.41) is 0. The number of esters is 1. The highest BCUT2D eigenvalue weighted by atomic mass is 32.2. The monoisotopic (exact) mass is 347 g/mol. The van der Waals surface area contributed by atoms with Gasteiger partial charge in [-0.2, -0.15) is 0 Å². The van der Waals surface area contributed by atoms with E-state index in [1.54, 1.807) is 30.3 Å². The summed E-state index contributed by atoms with van der Waals surface area (Å²) < 4.78 is 32.0. The van der Waals surface area contributed by atoms with E-state index in [4.69, 9.17) is 0 Å². The number of para-hydroxylation sites is 1. The van der Waals surface area contributed by atoms with Crippen LogP contribution in [0.2, 0.25) is 0 Å². The smallest absolute Gasteiger partial charge is 0.326 e. The Hall–Kier alpha value is -2.34. The lowest BCUT2D eigenvalue weighted by molar-refractivity contribution is -0.138. The first kappa shape index (κ1) is 18.0. The molecule has 0 atom stereocenters. The van der Waals surface area contributed by atoms with Crippen LogP contribution in [-0.4, -0.2) is 28.0 Å². The molecule has 0 fully saturated rings. The van der Waals surface area contributed by atoms with Crippen molar-refractivity contribution in [1.29, 1.82) is 0 Å². The third-order valence-electron chi connectivity index (χ3n) is 3.66. The third kappa shape index (κ3) is 3.76. The molecule has 0 aromatic heterocycles. The van der Waals surface area contributed by atoms with Gasteiger partial charge in [0.15, 0.2) is 0 Å². The maximum atomic E-state index is 13.1. The first-order valence-corrected chi connectivity index (χ1v) is 9.05. The van der Waals surface area contributed by atoms with E-state index >= 15 is 0 Å². The number of rotatable bonds is 6. The second kappa shape index (κ2) is 7.49. The van der Waals surface area contributed by atoms with Crippen molar-refractivity contribution in [3.63, 3.8) is 0 Å². The molecule has 0 spiro atoms. The van der Waals surface area contributed by atoms with E-state index in [9.17, 15) is 13.2 Å². The zero-order valence-corrected chi connectivity index (χ0v) is 14.8. The number of ether oxygens (including phenoxy) is 1. The number of nitrogens with zero attached hydrogens (tertiary/aromatic N) is 1. The van der Waals surface area contributed by atoms with Crippen LogP contribution in [0.4, 0.5) is 5.69 Å². The highest BCUT2D eigenvalue weighted by Gasteiger charge is 2.29. The summed E-state index contributed by atoms with van der Waals surface area (Å²) in [5.74, 6) is -0.514. The summed E-state index contributed by atoms with van der Waals surface area (Å²) in [4.78, 5) is 12.0. The van der Waals surface area contributed by atoms with Crippen molar-refractivity contribution < 1.29 is 17.9 Å². The van der Waals surface area contributed by atoms with E-state index in [0.717, 1.165) is 9.87 Å². The Kier molecular flexibility index (Phi) is 5.62. The molecule has 0 saturated heterocycles. The number of carbonyl (C=O) groups is 1. The molecule has 0 radical (unpaired) electrons. The van der Waals surface area contributed by atoms with Crippen LogP contribution in [-0.2, 0) is 19.6 Å². The van der Waals surface area contributed by atoms with Crippen LogP contribution in [0.5, 0.6) is 0 Å². The van der Waals surface area contributed by atoms with Gasteiger partial charge in [-0.1, -0.05) is 50.2 Å². The highest BCUT2D eigenvalue weighted by Crippen LogP contribution is 2.31. The molecular formula is C18H21NO4S. The number of anilines is 1. The zero-order chi connectivity index (χ0) is 17.7. The second-order valence-corrected chi connectivity index (χ2v) is 7.48. The SMILES string of the molecule is COC(=O)CN(c1ccccc1C(C)C)S(=O)(=O)c1ccccc1. The number of hydrogen-bond donors (Lipinski definition) is 0. The van der Waals surface area contributed by atoms with Gasteiger partial charge in [0.1, 0.15) is 6.54 Å². The van der Waals surface area contributed by atoms with Crippen LogP contribution in [0.25, 0.3) is 0 Å². The molecule has 2 aromatic rings. The van der Waals surface area contributed by atoms with Gasteiger partial charge in [-0.25, -0.2) is 8.42 Å². The van der Waals surface area contributed by atoms with Crippen molar-refractivity contribution in [3.05, 3.63) is 60.2 Å². The molecule has 2 aromatic carbocycles. The van der Waals surface area contributed by atoms with E-state index in [-0.39, 0.29) is 17.4 Å². The van der Waals surface area contributed by atoms with Gasteiger partial charge >= 0.3 is 5.97 Å². The molecular weight excluding hydrogens is 326 g/mol. The van der Waals surface area contributed by atoms with E-state index in [1.165, 1.54) is 19.2 Å². The van der Waals surface area contributed by atoms with Gasteiger partial charge in [0.2, 0.25) is 0 Å². The summed E-state index contributed by atoms with van der Waals surface area (Å²) in [6, 6.07) is 15.2. The minimum atomic E-state index is -3.88. The van der Waals surface area contributed by atoms with E-state index in [1.807, 2.05) is 26.0 Å². The number of carbonyl (C=O) groups excluding carboxylic acids is 1. The van der Waals surface area contributed by atoms with Gasteiger partial charge in [-0.15, -0.1) is 0 Å². The first-order valence-electron chi connectivity index (χ1n) is 7.61. The maximum Gasteiger partial charge on any atom is 0.326 e. The average Bonchev–Trinajstić information content (AvgIpc) is 2.60. The largest absolute Gasteiger partial charge is 0.468 e. The Bertz CT molecular complexity index is 801. The maximum absolute atomic E-state index is 13.1. The van der Waals surface area contributed by atoms with Crippen molar-refractivity contribution >= 4 is 21.7 Å². The highest BCUT2D eigenvalue weighted by molar-refractivity contribution is 7.92. The summed E-state index contributed by atoms with van der Waals surface area (Å²) in [5.41, 5.74) is 1.34. The minimum Gasteiger partial charge on any atom is -0.468 e. The molecule has 0 heterocycles. The summed E-state index contributed by atoms with van der Waals surface area (Å²) >= 11 is 0. The Balaban J connectivity index is 2.61. The van der Waals surface area contributed by atoms with E-state index in [0.29, 0.717) is 5.69 Å². The Labute approximate surface area is 142 Å². The molecule has 0 bridgehead atoms. The molecule has 0 saturated carbocycles. The molecule has 6 heteroatoms. The molecule has 0 aliphatic rings. The second-order valence-electron chi connectivity index (χ2n) is 5.61. The van der Waals surface area contributed by atoms with E-state index in [2.05, 4.69) is 4.74 Å². The topological polar surface area (TPSA) is 63.7 Å². The fourth-order valence-corrected chi connectivity index (χ4v) is 3.86. The third-order valence-corrected chi connectivity index (χ3v) is 5.43. The Morgan fingerprint density at radius 1 is 1.04 bits per heavy atom. The van der Waals surface area contributed by atoms with Crippen molar-refractivity contribution in [2.24, 2.45) is 0 Å². The molecule has 5 nitrogen and oxygen atoms in total. The van der Waals surface area contributed by atoms with Crippen LogP contribution in [0.1, 0.15) is 25.3 Å². The van der Waals surface area contributed by atoms with Crippen LogP contribution in [0, 0.1) is 0 Å². The van der Waals surface area contributed by atoms with Gasteiger partial charge in [0, 0.05) is 0 Å². The van der Waals surface area contributed by atoms with Crippen LogP contribution < -0.4 is 4.31 Å². The zero-order valence-electron chi connectivity index (χ0n) is 14.0. The first-order chi connectivity index (χ1) is 11.4. The molecule has 0 N–H and O–H groups in total. The molecule has 0 aliphatic carbocycles. The average molecular weight is 347 g/mol. The lowest BCUT2D eigenvalue weighted by Gasteiger charge is -2.26. The van der Waals surface area contributed by atoms with Gasteiger partial charge in [-0.3, -0.25) is 9.10 Å². The Morgan fingerprint density at radius 2 is 1.62 bits per heavy atom. The normalized spacial score (nSPS) is 11.3. The fraction of sp³-hybridized carbons (Fsp3) is 0.278. The van der Waals surface area contributed by atoms with E-state index < -0.39 is 16.0 Å². The Morgan fingerprint density at radius 3 is 2.21 bits per heavy atom. The summed E-state index contributed by atoms with van der Waals surface area (Å²) in [6.45, 7) is 3.58. The van der Waals surface area contributed by atoms with Gasteiger partial charge in [0.25, 0.3) is 10.0 Å². The van der Waals surface area contributed by atoms with Crippen molar-refractivity contribution in [1.82, 2.24) is 0 Å². The van der Waals surface area contributed by atoms with Gasteiger partial charge in [0.05, 0.1) is 17.7 Å². The predicted molar refractivity (Wildman–Crippen MR) is 93.5 cm³/mol. The van der Waals surface area contributed by atoms with Crippen LogP contribution >= 0.6 is 0 Å². The predicted octanol–water partition coefficient (Wildman–Crippen LogP) is 3.18. The molecule has 0 unspecified atom stereocenters. The van der Waals surface area contributed by atoms with Crippen molar-refractivity contribution in [3.8, 4) is 0 Å². The summed E-state index contributed by atoms with van der Waals surface area (Å²) in [6.07, 6.45) is 0. The van der Waals surface area contributed by atoms with Crippen molar-refractivity contribution in [2.75, 3.05) is 18.0 Å². The number of hydrogen-bond acceptors (Lipinski definition) is 4. The molecule has 128 valence electrons. The quantitative estimate of drug-likeness (QED) is 0.753. The van der Waals surface area contributed by atoms with Gasteiger partial charge < -0.3 is 4.74 Å². The number of sulfonamides is 1. The summed E-state index contributed by atoms with van der Waals surface area (Å²) in [7, 11) is -2.64. The standard InChI is InChI=1S/C18H21NO4S/c1-14(2)16-11-7-8-12-17(16)19(13-18(20)23-3)24(21,22)15-9-5-4-6-10-15/h4-12,14H,13H2,1-3H3. The minimum absolute atomic E-state index is 0.104. The van der Waals surface area contributed by atoms with Crippen molar-refractivity contribution in [2.45, 2.75) is 24.7 Å². The lowest BCUT2D eigenvalue weighted by atomic mass is 10.0. The van der Waals surface area contributed by atoms with Crippen LogP contribution in [0.15, 0.2) is 59.5 Å². The number of benzene rings is 2. The molecule has 0 amide bonds. The number of methoxy groups -OCH3 is 1. The van der Waals surface area contributed by atoms with Crippen LogP contribution in [0.3, 0.4) is 0 Å². The fourth-order valence-electron chi connectivity index (χ4n) is 2.40. The molecule has 24 heavy (non-hydrogen) atoms. The van der Waals surface area contributed by atoms with Gasteiger partial charge in [-0.05, 0) is 29.7 Å².